The van der Waals surface area contributed by atoms with Gasteiger partial charge in [-0.15, -0.1) is 0 Å². The van der Waals surface area contributed by atoms with Crippen LogP contribution in [0.25, 0.3) is 0 Å². The van der Waals surface area contributed by atoms with Crippen LogP contribution in [0, 0.1) is 40.4 Å². The first-order valence-electron chi connectivity index (χ1n) is 13.6. The molecular weight excluding hydrogens is 415 g/mol. The van der Waals surface area contributed by atoms with Gasteiger partial charge in [0.25, 0.3) is 0 Å². The zero-order valence-electron chi connectivity index (χ0n) is 21.8. The van der Waals surface area contributed by atoms with Gasteiger partial charge in [0.05, 0.1) is 5.60 Å². The van der Waals surface area contributed by atoms with Gasteiger partial charge in [-0.3, -0.25) is 4.79 Å². The van der Waals surface area contributed by atoms with E-state index in [1.54, 1.807) is 19.4 Å². The molecule has 0 amide bonds. The van der Waals surface area contributed by atoms with Crippen molar-refractivity contribution in [1.29, 1.82) is 0 Å². The van der Waals surface area contributed by atoms with Gasteiger partial charge in [-0.1, -0.05) is 32.4 Å². The smallest absolute Gasteiger partial charge is 0.302 e. The number of ether oxygens (including phenoxy) is 1. The largest absolute Gasteiger partial charge is 0.462 e. The molecule has 0 aromatic rings. The molecular formula is C29H47FO3. The molecule has 0 saturated heterocycles. The maximum atomic E-state index is 14.4. The number of hydrogen-bond donors (Lipinski definition) is 1. The lowest BCUT2D eigenvalue weighted by molar-refractivity contribution is -0.148. The first-order chi connectivity index (χ1) is 15.4. The van der Waals surface area contributed by atoms with Crippen molar-refractivity contribution < 1.29 is 19.0 Å². The minimum absolute atomic E-state index is 0.0622. The van der Waals surface area contributed by atoms with Crippen LogP contribution < -0.4 is 0 Å². The average molecular weight is 463 g/mol. The van der Waals surface area contributed by atoms with Crippen molar-refractivity contribution in [2.75, 3.05) is 0 Å². The van der Waals surface area contributed by atoms with Crippen LogP contribution in [0.5, 0.6) is 0 Å². The van der Waals surface area contributed by atoms with Crippen LogP contribution in [0.3, 0.4) is 0 Å². The lowest BCUT2D eigenvalue weighted by Gasteiger charge is -2.58. The highest BCUT2D eigenvalue weighted by Crippen LogP contribution is 2.67. The highest BCUT2D eigenvalue weighted by Gasteiger charge is 2.59. The Hall–Kier alpha value is -0.900. The van der Waals surface area contributed by atoms with Crippen LogP contribution in [0.2, 0.25) is 0 Å². The summed E-state index contributed by atoms with van der Waals surface area (Å²) < 4.78 is 20.0. The molecule has 2 unspecified atom stereocenters. The maximum absolute atomic E-state index is 14.4. The molecule has 0 heterocycles. The molecule has 0 aliphatic heterocycles. The van der Waals surface area contributed by atoms with E-state index in [9.17, 15) is 14.3 Å². The zero-order valence-corrected chi connectivity index (χ0v) is 21.8. The fraction of sp³-hybridized carbons (Fsp3) is 0.897. The Morgan fingerprint density at radius 1 is 1.18 bits per heavy atom. The van der Waals surface area contributed by atoms with Crippen molar-refractivity contribution in [3.8, 4) is 0 Å². The Bertz CT molecular complexity index is 769. The summed E-state index contributed by atoms with van der Waals surface area (Å²) in [7, 11) is 0. The Kier molecular flexibility index (Phi) is 6.84. The number of aliphatic hydroxyl groups is 1. The lowest BCUT2D eigenvalue weighted by atomic mass is 9.47. The zero-order chi connectivity index (χ0) is 24.2. The molecule has 3 nitrogen and oxygen atoms in total. The van der Waals surface area contributed by atoms with Gasteiger partial charge in [0.15, 0.2) is 0 Å². The molecule has 1 N–H and O–H groups in total. The first-order valence-corrected chi connectivity index (χ1v) is 13.6. The second-order valence-electron chi connectivity index (χ2n) is 13.1. The van der Waals surface area contributed by atoms with Gasteiger partial charge in [-0.25, -0.2) is 4.39 Å². The number of rotatable bonds is 6. The van der Waals surface area contributed by atoms with Crippen molar-refractivity contribution in [3.05, 3.63) is 11.6 Å². The Labute approximate surface area is 200 Å². The molecule has 0 bridgehead atoms. The van der Waals surface area contributed by atoms with E-state index in [2.05, 4.69) is 26.8 Å². The summed E-state index contributed by atoms with van der Waals surface area (Å²) in [5.74, 6) is 3.27. The minimum atomic E-state index is -1.24. The SMILES string of the molecule is CC(=O)OC1CC[C@@]2(C)C(=CC[C@H]3[C@@H]4CC[C@H]([C@H](C)CCC(F)C(C)(C)O)[C@@]4(C)CC[C@@H]32)C1. The van der Waals surface area contributed by atoms with Crippen molar-refractivity contribution >= 4 is 5.97 Å². The van der Waals surface area contributed by atoms with E-state index < -0.39 is 11.8 Å². The van der Waals surface area contributed by atoms with Gasteiger partial charge in [0.1, 0.15) is 12.3 Å². The molecule has 188 valence electrons. The number of hydrogen-bond acceptors (Lipinski definition) is 3. The Balaban J connectivity index is 1.46. The number of esters is 1. The monoisotopic (exact) mass is 462 g/mol. The second-order valence-corrected chi connectivity index (χ2v) is 13.1. The average Bonchev–Trinajstić information content (AvgIpc) is 3.08. The van der Waals surface area contributed by atoms with E-state index in [1.807, 2.05) is 0 Å². The Morgan fingerprint density at radius 3 is 2.58 bits per heavy atom. The highest BCUT2D eigenvalue weighted by molar-refractivity contribution is 5.66. The van der Waals surface area contributed by atoms with E-state index in [0.717, 1.165) is 43.4 Å². The van der Waals surface area contributed by atoms with E-state index in [1.165, 1.54) is 39.0 Å². The molecule has 0 aromatic heterocycles. The molecule has 0 aromatic carbocycles. The molecule has 3 fully saturated rings. The van der Waals surface area contributed by atoms with Crippen LogP contribution >= 0.6 is 0 Å². The molecule has 9 atom stereocenters. The fourth-order valence-corrected chi connectivity index (χ4v) is 8.90. The summed E-state index contributed by atoms with van der Waals surface area (Å²) in [6.07, 6.45) is 12.2. The van der Waals surface area contributed by atoms with Crippen molar-refractivity contribution in [2.24, 2.45) is 40.4 Å². The standard InChI is InChI=1S/C29H47FO3/c1-18(7-12-26(30)27(3,4)32)23-10-11-24-22-9-8-20-17-21(33-19(2)31)13-15-28(20,5)25(22)14-16-29(23,24)6/h8,18,21-26,32H,7,9-17H2,1-6H3/t18-,21?,22+,23-,24+,25+,26?,28+,29-/m1/s1. The topological polar surface area (TPSA) is 46.5 Å². The van der Waals surface area contributed by atoms with Gasteiger partial charge >= 0.3 is 5.97 Å². The van der Waals surface area contributed by atoms with Gasteiger partial charge in [0.2, 0.25) is 0 Å². The number of halogens is 1. The molecule has 0 spiro atoms. The summed E-state index contributed by atoms with van der Waals surface area (Å²) in [6.45, 7) is 12.1. The molecule has 4 aliphatic rings. The molecule has 4 aliphatic carbocycles. The Morgan fingerprint density at radius 2 is 1.91 bits per heavy atom. The summed E-state index contributed by atoms with van der Waals surface area (Å²) in [5.41, 5.74) is 0.931. The van der Waals surface area contributed by atoms with Crippen LogP contribution in [0.1, 0.15) is 106 Å². The number of alkyl halides is 1. The van der Waals surface area contributed by atoms with Gasteiger partial charge in [-0.2, -0.15) is 0 Å². The quantitative estimate of drug-likeness (QED) is 0.341. The van der Waals surface area contributed by atoms with Crippen molar-refractivity contribution in [2.45, 2.75) is 124 Å². The maximum Gasteiger partial charge on any atom is 0.302 e. The summed E-state index contributed by atoms with van der Waals surface area (Å²) in [4.78, 5) is 11.5. The lowest BCUT2D eigenvalue weighted by Crippen LogP contribution is -2.51. The molecule has 0 radical (unpaired) electrons. The molecule has 3 saturated carbocycles. The molecule has 33 heavy (non-hydrogen) atoms. The van der Waals surface area contributed by atoms with Crippen molar-refractivity contribution in [1.82, 2.24) is 0 Å². The van der Waals surface area contributed by atoms with Crippen LogP contribution in [0.4, 0.5) is 4.39 Å². The third kappa shape index (κ3) is 4.55. The molecule has 4 heteroatoms. The number of allylic oxidation sites excluding steroid dienone is 1. The predicted octanol–water partition coefficient (Wildman–Crippen LogP) is 7.02. The van der Waals surface area contributed by atoms with Gasteiger partial charge < -0.3 is 9.84 Å². The van der Waals surface area contributed by atoms with E-state index in [-0.39, 0.29) is 17.5 Å². The summed E-state index contributed by atoms with van der Waals surface area (Å²) >= 11 is 0. The van der Waals surface area contributed by atoms with Gasteiger partial charge in [-0.05, 0) is 112 Å². The second kappa shape index (κ2) is 8.95. The third-order valence-electron chi connectivity index (χ3n) is 10.8. The van der Waals surface area contributed by atoms with E-state index >= 15 is 0 Å². The van der Waals surface area contributed by atoms with Gasteiger partial charge in [0, 0.05) is 13.3 Å². The van der Waals surface area contributed by atoms with E-state index in [0.29, 0.717) is 23.7 Å². The molecule has 4 rings (SSSR count). The normalized spacial score (nSPS) is 42.4. The highest BCUT2D eigenvalue weighted by atomic mass is 19.1. The summed E-state index contributed by atoms with van der Waals surface area (Å²) in [6, 6.07) is 0. The fourth-order valence-electron chi connectivity index (χ4n) is 8.90. The number of carbonyl (C=O) groups is 1. The third-order valence-corrected chi connectivity index (χ3v) is 10.8. The van der Waals surface area contributed by atoms with Crippen LogP contribution in [-0.2, 0) is 9.53 Å². The van der Waals surface area contributed by atoms with Crippen molar-refractivity contribution in [3.63, 3.8) is 0 Å². The van der Waals surface area contributed by atoms with Crippen LogP contribution in [0.15, 0.2) is 11.6 Å². The minimum Gasteiger partial charge on any atom is -0.462 e. The summed E-state index contributed by atoms with van der Waals surface area (Å²) in [5, 5.41) is 10.0. The number of carbonyl (C=O) groups excluding carboxylic acids is 1. The van der Waals surface area contributed by atoms with E-state index in [4.69, 9.17) is 4.74 Å². The van der Waals surface area contributed by atoms with Crippen LogP contribution in [-0.4, -0.2) is 29.0 Å². The number of fused-ring (bicyclic) bond motifs is 5. The predicted molar refractivity (Wildman–Crippen MR) is 130 cm³/mol. The first kappa shape index (κ1) is 25.2.